The molecule has 0 aliphatic carbocycles. The van der Waals surface area contributed by atoms with Gasteiger partial charge in [0.2, 0.25) is 5.95 Å². The van der Waals surface area contributed by atoms with E-state index in [1.807, 2.05) is 0 Å². The molecule has 76 valence electrons. The van der Waals surface area contributed by atoms with Crippen LogP contribution in [-0.4, -0.2) is 23.0 Å². The first-order chi connectivity index (χ1) is 11.4. The third-order valence-electron chi connectivity index (χ3n) is 1.47. The van der Waals surface area contributed by atoms with Gasteiger partial charge in [0.05, 0.1) is 0 Å². The van der Waals surface area contributed by atoms with Crippen molar-refractivity contribution in [1.82, 2.24) is 9.97 Å². The van der Waals surface area contributed by atoms with Crippen LogP contribution in [0.15, 0.2) is 12.3 Å². The lowest BCUT2D eigenvalue weighted by Crippen LogP contribution is -2.34. The molecular weight excluding hydrogens is 176 g/mol. The van der Waals surface area contributed by atoms with Crippen LogP contribution in [0, 0.1) is 5.89 Å². The van der Waals surface area contributed by atoms with Crippen LogP contribution in [0.1, 0.15) is 36.0 Å². The van der Waals surface area contributed by atoms with Crippen LogP contribution in [-0.2, 0) is 0 Å². The Morgan fingerprint density at radius 1 is 1.86 bits per heavy atom. The lowest BCUT2D eigenvalue weighted by molar-refractivity contribution is 0.444. The molecule has 1 atom stereocenters. The second kappa shape index (κ2) is 3.82. The van der Waals surface area contributed by atoms with E-state index >= 15 is 0 Å². The first kappa shape index (κ1) is 2.62. The van der Waals surface area contributed by atoms with Crippen molar-refractivity contribution >= 4 is 11.8 Å². The fourth-order valence-electron chi connectivity index (χ4n) is 0.917. The minimum atomic E-state index is -3.74. The smallest absolute Gasteiger partial charge is 0.221 e. The molecule has 1 saturated heterocycles. The summed E-state index contributed by atoms with van der Waals surface area (Å²) in [6, 6.07) is 0.961. The topological polar surface area (TPSA) is 55.0 Å². The van der Waals surface area contributed by atoms with E-state index in [4.69, 9.17) is 22.2 Å². The van der Waals surface area contributed by atoms with Gasteiger partial charge in [0.15, 0.2) is 0 Å². The number of anilines is 2. The molecule has 1 aromatic rings. The molecule has 2 heterocycles. The van der Waals surface area contributed by atoms with Gasteiger partial charge in [-0.1, -0.05) is 6.85 Å². The molecule has 1 aromatic heterocycles. The standard InChI is InChI=1S/C10H16N4/c1-8-3-2-6-14(7-8)9-4-5-12-10(11)13-9/h4-5,8H,2-3,6-7H2,1H3,(H2,11,12,13)/i1D3,2D2,3D2,6D2,7D2,8D. The maximum atomic E-state index is 8.21. The molecule has 2 rings (SSSR count). The van der Waals surface area contributed by atoms with Gasteiger partial charge in [0, 0.05) is 35.6 Å². The Hall–Kier alpha value is -1.32. The zero-order valence-corrected chi connectivity index (χ0v) is 7.07. The van der Waals surface area contributed by atoms with E-state index in [2.05, 4.69) is 9.97 Å². The summed E-state index contributed by atoms with van der Waals surface area (Å²) in [6.07, 6.45) is -6.33. The summed E-state index contributed by atoms with van der Waals surface area (Å²) >= 11 is 0. The molecule has 0 saturated carbocycles. The Morgan fingerprint density at radius 3 is 3.57 bits per heavy atom. The summed E-state index contributed by atoms with van der Waals surface area (Å²) in [6.45, 7) is -10.6. The summed E-state index contributed by atoms with van der Waals surface area (Å²) in [7, 11) is 0. The van der Waals surface area contributed by atoms with Gasteiger partial charge in [0.25, 0.3) is 0 Å². The summed E-state index contributed by atoms with van der Waals surface area (Å²) in [4.78, 5) is 7.17. The second-order valence-electron chi connectivity index (χ2n) is 2.46. The van der Waals surface area contributed by atoms with Crippen LogP contribution in [0.25, 0.3) is 0 Å². The van der Waals surface area contributed by atoms with Crippen molar-refractivity contribution in [3.8, 4) is 0 Å². The highest BCUT2D eigenvalue weighted by atomic mass is 15.2. The van der Waals surface area contributed by atoms with Crippen molar-refractivity contribution in [2.45, 2.75) is 19.6 Å². The fraction of sp³-hybridized carbons (Fsp3) is 0.600. The number of hydrogen-bond donors (Lipinski definition) is 1. The quantitative estimate of drug-likeness (QED) is 0.749. The maximum absolute atomic E-state index is 8.21. The molecule has 1 aliphatic rings. The molecule has 1 aliphatic heterocycles. The van der Waals surface area contributed by atoms with Crippen molar-refractivity contribution in [2.24, 2.45) is 5.89 Å². The third kappa shape index (κ3) is 1.95. The predicted molar refractivity (Wildman–Crippen MR) is 57.1 cm³/mol. The van der Waals surface area contributed by atoms with E-state index < -0.39 is 50.3 Å². The average molecular weight is 204 g/mol. The molecule has 14 heavy (non-hydrogen) atoms. The van der Waals surface area contributed by atoms with Crippen molar-refractivity contribution < 1.29 is 16.4 Å². The van der Waals surface area contributed by atoms with E-state index in [-0.39, 0.29) is 4.90 Å². The molecule has 0 bridgehead atoms. The Kier molecular flexibility index (Phi) is 0.715. The van der Waals surface area contributed by atoms with Crippen molar-refractivity contribution in [1.29, 1.82) is 0 Å². The van der Waals surface area contributed by atoms with Crippen molar-refractivity contribution in [3.63, 3.8) is 0 Å². The molecule has 0 spiro atoms. The van der Waals surface area contributed by atoms with Crippen molar-refractivity contribution in [2.75, 3.05) is 23.6 Å². The summed E-state index contributed by atoms with van der Waals surface area (Å²) < 4.78 is 95.0. The van der Waals surface area contributed by atoms with Crippen LogP contribution in [0.4, 0.5) is 11.8 Å². The number of nitrogens with zero attached hydrogens (tertiary/aromatic N) is 3. The Morgan fingerprint density at radius 2 is 2.79 bits per heavy atom. The van der Waals surface area contributed by atoms with Gasteiger partial charge in [-0.15, -0.1) is 0 Å². The normalized spacial score (nSPS) is 55.6. The number of hydrogen-bond acceptors (Lipinski definition) is 4. The molecular formula is C10H16N4. The largest absolute Gasteiger partial charge is 0.368 e. The first-order valence-electron chi connectivity index (χ1n) is 9.76. The molecule has 4 nitrogen and oxygen atoms in total. The Bertz CT molecular complexity index is 716. The minimum Gasteiger partial charge on any atom is -0.368 e. The number of nitrogen functional groups attached to an aromatic ring is 1. The van der Waals surface area contributed by atoms with Gasteiger partial charge in [-0.3, -0.25) is 0 Å². The number of rotatable bonds is 1. The molecule has 2 N–H and O–H groups in total. The Balaban J connectivity index is 2.93. The molecule has 1 fully saturated rings. The van der Waals surface area contributed by atoms with Gasteiger partial charge < -0.3 is 10.6 Å². The molecule has 4 heteroatoms. The average Bonchev–Trinajstić information content (AvgIpc) is 2.42. The van der Waals surface area contributed by atoms with E-state index in [9.17, 15) is 0 Å². The zero-order chi connectivity index (χ0) is 20.6. The summed E-state index contributed by atoms with van der Waals surface area (Å²) in [5, 5.41) is 0. The van der Waals surface area contributed by atoms with Crippen LogP contribution in [0.5, 0.6) is 0 Å². The highest BCUT2D eigenvalue weighted by molar-refractivity contribution is 5.41. The van der Waals surface area contributed by atoms with Gasteiger partial charge in [-0.25, -0.2) is 4.98 Å². The summed E-state index contributed by atoms with van der Waals surface area (Å²) in [5.41, 5.74) is 5.40. The minimum absolute atomic E-state index is 0.0126. The monoisotopic (exact) mass is 204 g/mol. The van der Waals surface area contributed by atoms with Crippen LogP contribution < -0.4 is 10.6 Å². The number of aromatic nitrogens is 2. The highest BCUT2D eigenvalue weighted by Gasteiger charge is 2.17. The summed E-state index contributed by atoms with van der Waals surface area (Å²) in [5.74, 6) is -4.75. The van der Waals surface area contributed by atoms with E-state index in [1.54, 1.807) is 0 Å². The second-order valence-corrected chi connectivity index (χ2v) is 2.46. The van der Waals surface area contributed by atoms with Crippen LogP contribution in [0.3, 0.4) is 0 Å². The lowest BCUT2D eigenvalue weighted by atomic mass is 10.0. The lowest BCUT2D eigenvalue weighted by Gasteiger charge is -2.31. The maximum Gasteiger partial charge on any atom is 0.221 e. The number of piperidine rings is 1. The molecule has 0 amide bonds. The van der Waals surface area contributed by atoms with Gasteiger partial charge >= 0.3 is 0 Å². The predicted octanol–water partition coefficient (Wildman–Crippen LogP) is 1.30. The van der Waals surface area contributed by atoms with Crippen LogP contribution >= 0.6 is 0 Å². The SMILES string of the molecule is [2H]C([2H])([2H])C1([2H])C([2H])([2H])N(c2ccnc(N)n2)C([2H])([2H])C([2H])([2H])C1([2H])[2H]. The highest BCUT2D eigenvalue weighted by Crippen LogP contribution is 2.20. The molecule has 0 radical (unpaired) electrons. The van der Waals surface area contributed by atoms with Crippen LogP contribution in [0.2, 0.25) is 0 Å². The van der Waals surface area contributed by atoms with Crippen molar-refractivity contribution in [3.05, 3.63) is 12.3 Å². The van der Waals surface area contributed by atoms with Gasteiger partial charge in [0.1, 0.15) is 5.82 Å². The van der Waals surface area contributed by atoms with E-state index in [1.165, 1.54) is 0 Å². The Labute approximate surface area is 101 Å². The fourth-order valence-corrected chi connectivity index (χ4v) is 0.917. The van der Waals surface area contributed by atoms with Gasteiger partial charge in [-0.05, 0) is 24.7 Å². The molecule has 0 aromatic carbocycles. The zero-order valence-electron chi connectivity index (χ0n) is 19.1. The first-order valence-corrected chi connectivity index (χ1v) is 3.76. The molecule has 1 unspecified atom stereocenters. The van der Waals surface area contributed by atoms with E-state index in [0.29, 0.717) is 0 Å². The van der Waals surface area contributed by atoms with Gasteiger partial charge in [-0.2, -0.15) is 4.98 Å². The number of nitrogens with two attached hydrogens (primary N) is 1. The third-order valence-corrected chi connectivity index (χ3v) is 1.47. The van der Waals surface area contributed by atoms with E-state index in [0.717, 1.165) is 12.3 Å².